The highest BCUT2D eigenvalue weighted by atomic mass is 35.5. The Hall–Kier alpha value is -0.710. The van der Waals surface area contributed by atoms with Crippen LogP contribution in [0.5, 0.6) is 0 Å². The first-order valence-electron chi connectivity index (χ1n) is 7.33. The molecule has 0 amide bonds. The normalized spacial score (nSPS) is 12.9. The fraction of sp³-hybridized carbons (Fsp3) is 0.571. The summed E-state index contributed by atoms with van der Waals surface area (Å²) in [7, 11) is -7.54. The van der Waals surface area contributed by atoms with E-state index in [0.29, 0.717) is 13.1 Å². The van der Waals surface area contributed by atoms with Crippen molar-refractivity contribution >= 4 is 32.5 Å². The Kier molecular flexibility index (Phi) is 8.34. The summed E-state index contributed by atoms with van der Waals surface area (Å²) in [5, 5.41) is 0. The van der Waals surface area contributed by atoms with Crippen molar-refractivity contribution in [3.63, 3.8) is 0 Å². The van der Waals surface area contributed by atoms with Crippen molar-refractivity contribution in [1.82, 2.24) is 9.03 Å². The van der Waals surface area contributed by atoms with Crippen molar-refractivity contribution < 1.29 is 16.8 Å². The number of benzene rings is 1. The Balaban J connectivity index is 0.00000529. The lowest BCUT2D eigenvalue weighted by Crippen LogP contribution is -2.45. The highest BCUT2D eigenvalue weighted by molar-refractivity contribution is 7.90. The van der Waals surface area contributed by atoms with Crippen molar-refractivity contribution in [2.75, 3.05) is 19.6 Å². The maximum Gasteiger partial charge on any atom is 0.243 e. The molecule has 1 aromatic rings. The Morgan fingerprint density at radius 1 is 1.08 bits per heavy atom. The summed E-state index contributed by atoms with van der Waals surface area (Å²) in [5.41, 5.74) is 5.06. The molecule has 0 unspecified atom stereocenters. The summed E-state index contributed by atoms with van der Waals surface area (Å²) in [4.78, 5) is -0.147. The maximum absolute atomic E-state index is 12.5. The summed E-state index contributed by atoms with van der Waals surface area (Å²) in [5.74, 6) is 0. The van der Waals surface area contributed by atoms with E-state index in [0.717, 1.165) is 0 Å². The Morgan fingerprint density at radius 2 is 1.58 bits per heavy atom. The van der Waals surface area contributed by atoms with Crippen molar-refractivity contribution in [1.29, 1.82) is 0 Å². The zero-order chi connectivity index (χ0) is 17.9. The van der Waals surface area contributed by atoms with Crippen molar-refractivity contribution in [2.45, 2.75) is 43.0 Å². The van der Waals surface area contributed by atoms with Gasteiger partial charge in [0.2, 0.25) is 20.0 Å². The van der Waals surface area contributed by atoms with E-state index in [9.17, 15) is 16.8 Å². The number of nitrogens with zero attached hydrogens (tertiary/aromatic N) is 1. The first kappa shape index (κ1) is 23.3. The van der Waals surface area contributed by atoms with Gasteiger partial charge in [0.15, 0.2) is 0 Å². The van der Waals surface area contributed by atoms with Crippen LogP contribution in [0.15, 0.2) is 34.1 Å². The first-order valence-corrected chi connectivity index (χ1v) is 10.2. The molecule has 0 bridgehead atoms. The van der Waals surface area contributed by atoms with Gasteiger partial charge in [-0.25, -0.2) is 21.6 Å². The highest BCUT2D eigenvalue weighted by Crippen LogP contribution is 2.19. The molecule has 7 nitrogen and oxygen atoms in total. The lowest BCUT2D eigenvalue weighted by molar-refractivity contribution is 0.445. The summed E-state index contributed by atoms with van der Waals surface area (Å²) >= 11 is 0. The van der Waals surface area contributed by atoms with Gasteiger partial charge in [-0.15, -0.1) is 12.4 Å². The number of rotatable bonds is 8. The van der Waals surface area contributed by atoms with Crippen LogP contribution in [0.25, 0.3) is 0 Å². The van der Waals surface area contributed by atoms with Crippen LogP contribution >= 0.6 is 12.4 Å². The Bertz CT molecular complexity index is 740. The van der Waals surface area contributed by atoms with Crippen LogP contribution in [-0.4, -0.2) is 46.3 Å². The van der Waals surface area contributed by atoms with E-state index in [4.69, 9.17) is 5.73 Å². The van der Waals surface area contributed by atoms with E-state index in [2.05, 4.69) is 4.72 Å². The minimum atomic E-state index is -3.83. The van der Waals surface area contributed by atoms with E-state index in [1.165, 1.54) is 28.6 Å². The van der Waals surface area contributed by atoms with Crippen LogP contribution in [0.1, 0.15) is 27.7 Å². The van der Waals surface area contributed by atoms with Gasteiger partial charge in [0, 0.05) is 25.2 Å². The van der Waals surface area contributed by atoms with Gasteiger partial charge in [-0.2, -0.15) is 4.31 Å². The molecule has 0 aliphatic carbocycles. The molecule has 0 saturated heterocycles. The predicted molar refractivity (Wildman–Crippen MR) is 97.3 cm³/mol. The summed E-state index contributed by atoms with van der Waals surface area (Å²) in [6, 6.07) is 5.32. The van der Waals surface area contributed by atoms with Crippen LogP contribution in [0, 0.1) is 0 Å². The van der Waals surface area contributed by atoms with Crippen LogP contribution in [0.2, 0.25) is 0 Å². The summed E-state index contributed by atoms with van der Waals surface area (Å²) in [6.07, 6.45) is 0. The van der Waals surface area contributed by atoms with E-state index < -0.39 is 25.6 Å². The predicted octanol–water partition coefficient (Wildman–Crippen LogP) is 1.15. The molecule has 0 aliphatic heterocycles. The highest BCUT2D eigenvalue weighted by Gasteiger charge is 2.24. The standard InChI is InChI=1S/C14H25N3O4S2.ClH/c1-5-17(6-2)23(20,21)13-9-7-8-12(10-13)22(18,19)16-11-14(3,4)15;/h7-10,16H,5-6,11,15H2,1-4H3;1H. The summed E-state index contributed by atoms with van der Waals surface area (Å²) in [6.45, 7) is 7.51. The van der Waals surface area contributed by atoms with Crippen molar-refractivity contribution in [3.05, 3.63) is 24.3 Å². The fourth-order valence-corrected chi connectivity index (χ4v) is 4.73. The number of halogens is 1. The van der Waals surface area contributed by atoms with Gasteiger partial charge >= 0.3 is 0 Å². The van der Waals surface area contributed by atoms with Crippen molar-refractivity contribution in [2.24, 2.45) is 5.73 Å². The van der Waals surface area contributed by atoms with Gasteiger partial charge in [-0.1, -0.05) is 19.9 Å². The third-order valence-corrected chi connectivity index (χ3v) is 6.62. The molecule has 0 fully saturated rings. The van der Waals surface area contributed by atoms with Crippen LogP contribution in [-0.2, 0) is 20.0 Å². The first-order chi connectivity index (χ1) is 10.4. The van der Waals surface area contributed by atoms with E-state index in [1.807, 2.05) is 0 Å². The average Bonchev–Trinajstić information content (AvgIpc) is 2.46. The smallest absolute Gasteiger partial charge is 0.243 e. The lowest BCUT2D eigenvalue weighted by atomic mass is 10.1. The second kappa shape index (κ2) is 8.59. The van der Waals surface area contributed by atoms with E-state index in [-0.39, 0.29) is 28.7 Å². The molecule has 0 heterocycles. The Labute approximate surface area is 151 Å². The van der Waals surface area contributed by atoms with Gasteiger partial charge < -0.3 is 5.73 Å². The molecule has 0 atom stereocenters. The van der Waals surface area contributed by atoms with Gasteiger partial charge in [0.25, 0.3) is 0 Å². The van der Waals surface area contributed by atoms with Crippen LogP contribution in [0.3, 0.4) is 0 Å². The number of hydrogen-bond donors (Lipinski definition) is 2. The quantitative estimate of drug-likeness (QED) is 0.681. The number of hydrogen-bond acceptors (Lipinski definition) is 5. The summed E-state index contributed by atoms with van der Waals surface area (Å²) < 4.78 is 53.2. The second-order valence-electron chi connectivity index (χ2n) is 5.88. The Morgan fingerprint density at radius 3 is 2.04 bits per heavy atom. The SMILES string of the molecule is CCN(CC)S(=O)(=O)c1cccc(S(=O)(=O)NCC(C)(C)N)c1.Cl. The molecule has 0 saturated carbocycles. The van der Waals surface area contributed by atoms with Crippen LogP contribution < -0.4 is 10.5 Å². The molecule has 0 aromatic heterocycles. The lowest BCUT2D eigenvalue weighted by Gasteiger charge is -2.20. The molecule has 0 aliphatic rings. The van der Waals surface area contributed by atoms with Gasteiger partial charge in [-0.05, 0) is 32.0 Å². The maximum atomic E-state index is 12.5. The molecular weight excluding hydrogens is 374 g/mol. The molecule has 1 rings (SSSR count). The topological polar surface area (TPSA) is 110 Å². The molecule has 1 aromatic carbocycles. The molecule has 0 spiro atoms. The van der Waals surface area contributed by atoms with Crippen molar-refractivity contribution in [3.8, 4) is 0 Å². The van der Waals surface area contributed by atoms with E-state index in [1.54, 1.807) is 27.7 Å². The number of sulfonamides is 2. The van der Waals surface area contributed by atoms with Gasteiger partial charge in [0.05, 0.1) is 9.79 Å². The average molecular weight is 400 g/mol. The monoisotopic (exact) mass is 399 g/mol. The molecule has 10 heteroatoms. The minimum absolute atomic E-state index is 0. The third-order valence-electron chi connectivity index (χ3n) is 3.18. The molecule has 24 heavy (non-hydrogen) atoms. The second-order valence-corrected chi connectivity index (χ2v) is 9.58. The van der Waals surface area contributed by atoms with Crippen LogP contribution in [0.4, 0.5) is 0 Å². The third kappa shape index (κ3) is 5.98. The fourth-order valence-electron chi connectivity index (χ4n) is 1.88. The largest absolute Gasteiger partial charge is 0.324 e. The molecule has 3 N–H and O–H groups in total. The van der Waals surface area contributed by atoms with E-state index >= 15 is 0 Å². The zero-order valence-corrected chi connectivity index (χ0v) is 16.8. The van der Waals surface area contributed by atoms with Gasteiger partial charge in [-0.3, -0.25) is 0 Å². The number of nitrogens with two attached hydrogens (primary N) is 1. The molecular formula is C14H26ClN3O4S2. The molecule has 0 radical (unpaired) electrons. The zero-order valence-electron chi connectivity index (χ0n) is 14.3. The number of nitrogens with one attached hydrogen (secondary N) is 1. The van der Waals surface area contributed by atoms with Gasteiger partial charge in [0.1, 0.15) is 0 Å². The molecule has 140 valence electrons. The minimum Gasteiger partial charge on any atom is -0.324 e.